The van der Waals surface area contributed by atoms with E-state index in [2.05, 4.69) is 22.1 Å². The second-order valence-corrected chi connectivity index (χ2v) is 6.28. The van der Waals surface area contributed by atoms with E-state index in [4.69, 9.17) is 0 Å². The number of halogens is 3. The van der Waals surface area contributed by atoms with Crippen molar-refractivity contribution < 1.29 is 18.0 Å². The average molecular weight is 349 g/mol. The Kier molecular flexibility index (Phi) is 4.92. The fourth-order valence-corrected chi connectivity index (χ4v) is 2.94. The van der Waals surface area contributed by atoms with Crippen LogP contribution in [-0.4, -0.2) is 24.0 Å². The van der Waals surface area contributed by atoms with Crippen LogP contribution in [0.4, 0.5) is 24.7 Å². The minimum absolute atomic E-state index is 0.350. The third kappa shape index (κ3) is 3.75. The molecule has 4 nitrogen and oxygen atoms in total. The van der Waals surface area contributed by atoms with E-state index in [0.717, 1.165) is 31.4 Å². The van der Waals surface area contributed by atoms with Gasteiger partial charge in [0.1, 0.15) is 5.82 Å². The van der Waals surface area contributed by atoms with E-state index < -0.39 is 28.9 Å². The lowest BCUT2D eigenvalue weighted by Crippen LogP contribution is -2.34. The molecule has 1 aromatic carbocycles. The lowest BCUT2D eigenvalue weighted by molar-refractivity contribution is 0.102. The number of amides is 1. The summed E-state index contributed by atoms with van der Waals surface area (Å²) in [4.78, 5) is 18.5. The van der Waals surface area contributed by atoms with Gasteiger partial charge < -0.3 is 10.2 Å². The number of carbonyl (C=O) groups is 1. The maximum absolute atomic E-state index is 13.7. The second-order valence-electron chi connectivity index (χ2n) is 6.28. The number of hydrogen-bond donors (Lipinski definition) is 1. The molecular formula is C18H18F3N3O. The lowest BCUT2D eigenvalue weighted by atomic mass is 10.0. The molecule has 7 heteroatoms. The van der Waals surface area contributed by atoms with Crippen molar-refractivity contribution in [3.05, 3.63) is 53.5 Å². The molecule has 1 saturated heterocycles. The second kappa shape index (κ2) is 7.13. The van der Waals surface area contributed by atoms with Crippen molar-refractivity contribution >= 4 is 17.4 Å². The van der Waals surface area contributed by atoms with Crippen molar-refractivity contribution in [3.8, 4) is 0 Å². The molecule has 0 saturated carbocycles. The van der Waals surface area contributed by atoms with Gasteiger partial charge in [-0.25, -0.2) is 18.2 Å². The predicted octanol–water partition coefficient (Wildman–Crippen LogP) is 3.99. The third-order valence-corrected chi connectivity index (χ3v) is 4.27. The molecule has 1 aliphatic rings. The number of nitrogens with zero attached hydrogens (tertiary/aromatic N) is 2. The minimum atomic E-state index is -1.67. The molecule has 1 aromatic heterocycles. The maximum atomic E-state index is 13.7. The Morgan fingerprint density at radius 3 is 2.68 bits per heavy atom. The molecule has 2 heterocycles. The van der Waals surface area contributed by atoms with Gasteiger partial charge in [-0.15, -0.1) is 0 Å². The predicted molar refractivity (Wildman–Crippen MR) is 89.1 cm³/mol. The molecule has 1 atom stereocenters. The first-order valence-electron chi connectivity index (χ1n) is 8.11. The number of nitrogens with one attached hydrogen (secondary N) is 1. The molecule has 1 fully saturated rings. The Morgan fingerprint density at radius 1 is 1.20 bits per heavy atom. The van der Waals surface area contributed by atoms with E-state index >= 15 is 0 Å². The van der Waals surface area contributed by atoms with Gasteiger partial charge in [-0.05, 0) is 43.0 Å². The van der Waals surface area contributed by atoms with E-state index in [1.54, 1.807) is 12.1 Å². The Morgan fingerprint density at radius 2 is 2.00 bits per heavy atom. The molecule has 2 aromatic rings. The third-order valence-electron chi connectivity index (χ3n) is 4.27. The largest absolute Gasteiger partial charge is 0.356 e. The number of piperidine rings is 1. The number of anilines is 2. The van der Waals surface area contributed by atoms with Crippen molar-refractivity contribution in [1.82, 2.24) is 4.98 Å². The van der Waals surface area contributed by atoms with Crippen molar-refractivity contribution in [3.63, 3.8) is 0 Å². The van der Waals surface area contributed by atoms with E-state index in [0.29, 0.717) is 17.7 Å². The highest BCUT2D eigenvalue weighted by atomic mass is 19.2. The smallest absolute Gasteiger partial charge is 0.258 e. The first kappa shape index (κ1) is 17.3. The van der Waals surface area contributed by atoms with Crippen LogP contribution in [0.1, 0.15) is 30.1 Å². The Labute approximate surface area is 143 Å². The van der Waals surface area contributed by atoms with Crippen LogP contribution in [0.3, 0.4) is 0 Å². The Balaban J connectivity index is 1.71. The summed E-state index contributed by atoms with van der Waals surface area (Å²) in [6, 6.07) is 5.04. The van der Waals surface area contributed by atoms with Gasteiger partial charge in [0, 0.05) is 13.1 Å². The summed E-state index contributed by atoms with van der Waals surface area (Å²) in [5.41, 5.74) is -0.212. The monoisotopic (exact) mass is 349 g/mol. The number of aromatic nitrogens is 1. The number of benzene rings is 1. The van der Waals surface area contributed by atoms with Gasteiger partial charge in [0.05, 0.1) is 17.4 Å². The maximum Gasteiger partial charge on any atom is 0.258 e. The molecule has 132 valence electrons. The van der Waals surface area contributed by atoms with Crippen LogP contribution in [0.15, 0.2) is 30.5 Å². The average Bonchev–Trinajstić information content (AvgIpc) is 2.60. The highest BCUT2D eigenvalue weighted by molar-refractivity contribution is 6.04. The number of rotatable bonds is 3. The standard InChI is InChI=1S/C18H18F3N3O/c1-11-3-2-8-24(10-11)15-7-4-12(9-22-15)23-18(25)13-5-6-14(19)17(21)16(13)20/h4-7,9,11H,2-3,8,10H2,1H3,(H,23,25). The summed E-state index contributed by atoms with van der Waals surface area (Å²) in [5, 5.41) is 2.44. The van der Waals surface area contributed by atoms with Crippen LogP contribution in [0.25, 0.3) is 0 Å². The number of pyridine rings is 1. The zero-order valence-corrected chi connectivity index (χ0v) is 13.7. The van der Waals surface area contributed by atoms with Crippen LogP contribution in [0.5, 0.6) is 0 Å². The number of carbonyl (C=O) groups excluding carboxylic acids is 1. The van der Waals surface area contributed by atoms with Crippen LogP contribution >= 0.6 is 0 Å². The van der Waals surface area contributed by atoms with Gasteiger partial charge >= 0.3 is 0 Å². The fourth-order valence-electron chi connectivity index (χ4n) is 2.94. The molecule has 1 N–H and O–H groups in total. The summed E-state index contributed by atoms with van der Waals surface area (Å²) in [7, 11) is 0. The summed E-state index contributed by atoms with van der Waals surface area (Å²) < 4.78 is 39.8. The van der Waals surface area contributed by atoms with Crippen molar-refractivity contribution in [2.45, 2.75) is 19.8 Å². The molecule has 1 unspecified atom stereocenters. The van der Waals surface area contributed by atoms with Gasteiger partial charge in [0.15, 0.2) is 17.5 Å². The van der Waals surface area contributed by atoms with Crippen LogP contribution in [-0.2, 0) is 0 Å². The molecule has 3 rings (SSSR count). The van der Waals surface area contributed by atoms with Gasteiger partial charge in [0.25, 0.3) is 5.91 Å². The van der Waals surface area contributed by atoms with Crippen molar-refractivity contribution in [2.75, 3.05) is 23.3 Å². The highest BCUT2D eigenvalue weighted by Gasteiger charge is 2.20. The van der Waals surface area contributed by atoms with Crippen LogP contribution < -0.4 is 10.2 Å². The molecular weight excluding hydrogens is 331 g/mol. The SMILES string of the molecule is CC1CCCN(c2ccc(NC(=O)c3ccc(F)c(F)c3F)cn2)C1. The normalized spacial score (nSPS) is 17.4. The van der Waals surface area contributed by atoms with E-state index in [9.17, 15) is 18.0 Å². The van der Waals surface area contributed by atoms with Gasteiger partial charge in [-0.1, -0.05) is 6.92 Å². The number of hydrogen-bond acceptors (Lipinski definition) is 3. The molecule has 0 spiro atoms. The first-order valence-corrected chi connectivity index (χ1v) is 8.11. The molecule has 0 bridgehead atoms. The summed E-state index contributed by atoms with van der Waals surface area (Å²) >= 11 is 0. The Bertz CT molecular complexity index is 780. The Hall–Kier alpha value is -2.57. The lowest BCUT2D eigenvalue weighted by Gasteiger charge is -2.31. The van der Waals surface area contributed by atoms with Gasteiger partial charge in [-0.3, -0.25) is 4.79 Å². The zero-order valence-electron chi connectivity index (χ0n) is 13.7. The summed E-state index contributed by atoms with van der Waals surface area (Å²) in [6.45, 7) is 4.05. The quantitative estimate of drug-likeness (QED) is 0.853. The fraction of sp³-hybridized carbons (Fsp3) is 0.333. The van der Waals surface area contributed by atoms with E-state index in [1.165, 1.54) is 12.6 Å². The molecule has 1 aliphatic heterocycles. The van der Waals surface area contributed by atoms with E-state index in [-0.39, 0.29) is 0 Å². The van der Waals surface area contributed by atoms with Crippen LogP contribution in [0, 0.1) is 23.4 Å². The highest BCUT2D eigenvalue weighted by Crippen LogP contribution is 2.22. The molecule has 0 radical (unpaired) electrons. The zero-order chi connectivity index (χ0) is 18.0. The molecule has 0 aliphatic carbocycles. The molecule has 1 amide bonds. The van der Waals surface area contributed by atoms with Crippen LogP contribution in [0.2, 0.25) is 0 Å². The van der Waals surface area contributed by atoms with Gasteiger partial charge in [-0.2, -0.15) is 0 Å². The topological polar surface area (TPSA) is 45.2 Å². The van der Waals surface area contributed by atoms with Gasteiger partial charge in [0.2, 0.25) is 0 Å². The minimum Gasteiger partial charge on any atom is -0.356 e. The summed E-state index contributed by atoms with van der Waals surface area (Å²) in [5.74, 6) is -3.96. The van der Waals surface area contributed by atoms with Crippen molar-refractivity contribution in [2.24, 2.45) is 5.92 Å². The molecule has 25 heavy (non-hydrogen) atoms. The van der Waals surface area contributed by atoms with Crippen molar-refractivity contribution in [1.29, 1.82) is 0 Å². The summed E-state index contributed by atoms with van der Waals surface area (Å²) in [6.07, 6.45) is 3.77. The van der Waals surface area contributed by atoms with E-state index in [1.807, 2.05) is 0 Å². The first-order chi connectivity index (χ1) is 12.0.